The van der Waals surface area contributed by atoms with Gasteiger partial charge in [0, 0.05) is 25.0 Å². The van der Waals surface area contributed by atoms with E-state index in [1.54, 1.807) is 7.66 Å². The number of nitrogens with one attached hydrogen (secondary N) is 1. The van der Waals surface area contributed by atoms with Crippen LogP contribution < -0.4 is 203 Å². The fourth-order valence-corrected chi connectivity index (χ4v) is 37.5. The largest absolute Gasteiger partial charge is 1.00 e. The topological polar surface area (TPSA) is 546 Å². The molecule has 9 aliphatic heterocycles. The van der Waals surface area contributed by atoms with Crippen LogP contribution in [0.5, 0.6) is 11.5 Å². The number of benzene rings is 13. The van der Waals surface area contributed by atoms with Gasteiger partial charge in [-0.1, -0.05) is 0 Å². The SMILES string of the molecule is CCCCOc1c2c(c(C)c3ccccc13)C1=NC2=Nc2c3cc4ccccc4cc3c3[n]2[In]([O]S(=O)(=O)[O-])[n]2c(c4cc5ccccc5cc4c2=N1)=NC1=NC(=N3)c2cc3c(cc21)C1=Nc2c4cc5ccccc5cc4c4[n]2[In]([O]S(=O)(=O)[O-])[N]2C(=NC3=N1)c1cc3ccccc3cc1C2NC1=NC(=N4)c2c1c(OCCCC)c1ccccc1c2C.CS(=O)(=O)[O-].CS(=O)(=O)[O-].CS(=O)(=O)[O-].CS(=O)(=O)[O-].[Na+].[Na+].[Na+].[Na+].[Na+].[Na+]. The van der Waals surface area contributed by atoms with E-state index in [2.05, 4.69) is 31.3 Å². The summed E-state index contributed by atoms with van der Waals surface area (Å²) in [5.74, 6) is 3.84. The zero-order valence-corrected chi connectivity index (χ0v) is 105. The monoisotopic (exact) mass is 2360 g/mol. The van der Waals surface area contributed by atoms with Gasteiger partial charge in [0.1, 0.15) is 0 Å². The van der Waals surface area contributed by atoms with Crippen molar-refractivity contribution >= 4 is 279 Å². The third kappa shape index (κ3) is 22.5. The van der Waals surface area contributed by atoms with Crippen LogP contribution in [0.25, 0.3) is 97.0 Å². The van der Waals surface area contributed by atoms with Gasteiger partial charge < -0.3 is 18.2 Å². The zero-order valence-electron chi connectivity index (χ0n) is 81.7. The van der Waals surface area contributed by atoms with Gasteiger partial charge >= 0.3 is 895 Å². The Hall–Kier alpha value is -7.01. The number of aliphatic imine (C=N–C) groups is 9. The summed E-state index contributed by atoms with van der Waals surface area (Å²) in [7, 11) is -27.0. The maximum Gasteiger partial charge on any atom is 1.00 e. The van der Waals surface area contributed by atoms with Crippen LogP contribution in [0.3, 0.4) is 0 Å². The first-order valence-corrected chi connectivity index (χ1v) is 62.4. The van der Waals surface area contributed by atoms with Crippen molar-refractivity contribution in [3.05, 3.63) is 284 Å². The first-order chi connectivity index (χ1) is 67.4. The molecule has 148 heavy (non-hydrogen) atoms. The molecule has 1 N–H and O–H groups in total. The maximum absolute atomic E-state index is 14.4. The fourth-order valence-electron chi connectivity index (χ4n) is 19.3. The predicted molar refractivity (Wildman–Crippen MR) is 536 cm³/mol. The van der Waals surface area contributed by atoms with Crippen molar-refractivity contribution in [3.63, 3.8) is 0 Å². The smallest absolute Gasteiger partial charge is 0.748 e. The second kappa shape index (κ2) is 44.3. The normalized spacial score (nSPS) is 14.9. The second-order valence-electron chi connectivity index (χ2n) is 34.5. The predicted octanol–water partition coefficient (Wildman–Crippen LogP) is -5.72. The van der Waals surface area contributed by atoms with Gasteiger partial charge in [-0.15, -0.1) is 0 Å². The van der Waals surface area contributed by atoms with E-state index in [4.69, 9.17) is 121 Å². The molecule has 0 saturated carbocycles. The number of rotatable bonds is 12. The summed E-state index contributed by atoms with van der Waals surface area (Å²) in [6.45, 7) is 9.06. The van der Waals surface area contributed by atoms with Gasteiger partial charge in [0.15, 0.2) is 0 Å². The van der Waals surface area contributed by atoms with Gasteiger partial charge in [0.25, 0.3) is 0 Å². The van der Waals surface area contributed by atoms with Crippen LogP contribution in [0, 0.1) is 13.8 Å². The zero-order chi connectivity index (χ0) is 99.8. The Kier molecular flexibility index (Phi) is 34.5. The first-order valence-electron chi connectivity index (χ1n) is 43.9. The van der Waals surface area contributed by atoms with Crippen LogP contribution in [0.4, 0.5) is 23.3 Å². The van der Waals surface area contributed by atoms with Crippen LogP contribution >= 0.6 is 0 Å². The number of nitrogens with zero attached hydrogens (tertiary/aromatic N) is 15. The molecule has 0 amide bonds. The molecule has 12 heterocycles. The number of fused-ring (bicyclic) bond motifs is 34. The van der Waals surface area contributed by atoms with Gasteiger partial charge in [-0.05, 0) is 0 Å². The number of amidine groups is 9. The number of hydrogen-bond donors (Lipinski definition) is 1. The molecule has 1 unspecified atom stereocenters. The van der Waals surface area contributed by atoms with E-state index < -0.39 is 112 Å². The quantitative estimate of drug-likeness (QED) is 0.0515. The molecule has 0 aliphatic carbocycles. The number of unbranched alkanes of at least 4 members (excludes halogenated alkanes) is 2. The van der Waals surface area contributed by atoms with Crippen LogP contribution in [0.2, 0.25) is 0 Å². The number of aryl methyl sites for hydroxylation is 2. The van der Waals surface area contributed by atoms with Crippen molar-refractivity contribution < 1.29 is 269 Å². The average molecular weight is 2360 g/mol. The molecule has 0 saturated heterocycles. The summed E-state index contributed by atoms with van der Waals surface area (Å²) in [4.78, 5) is 62.1. The molecule has 16 aromatic rings. The van der Waals surface area contributed by atoms with Crippen molar-refractivity contribution in [1.82, 2.24) is 15.9 Å². The third-order valence-corrected chi connectivity index (χ3v) is 43.4. The Labute approximate surface area is 998 Å². The molecule has 25 rings (SSSR count). The van der Waals surface area contributed by atoms with Crippen molar-refractivity contribution in [2.45, 2.75) is 59.5 Å². The molecule has 3 aromatic heterocycles. The van der Waals surface area contributed by atoms with E-state index in [-0.39, 0.29) is 252 Å². The molecule has 12 bridgehead atoms. The van der Waals surface area contributed by atoms with Crippen molar-refractivity contribution in [2.75, 3.05) is 38.2 Å². The third-order valence-electron chi connectivity index (χ3n) is 24.7. The molecule has 0 radical (unpaired) electrons. The van der Waals surface area contributed by atoms with E-state index in [0.717, 1.165) is 101 Å². The fraction of sp³-hybridized carbons (Fsp3) is 0.156. The molecular formula is C96H72In2N16Na6O22S6. The van der Waals surface area contributed by atoms with Crippen LogP contribution in [-0.4, -0.2) is 224 Å². The van der Waals surface area contributed by atoms with Gasteiger partial charge in [-0.3, -0.25) is 0 Å². The Morgan fingerprint density at radius 1 is 0.318 bits per heavy atom. The van der Waals surface area contributed by atoms with E-state index >= 15 is 0 Å². The van der Waals surface area contributed by atoms with Gasteiger partial charge in [-0.2, -0.15) is 0 Å². The average Bonchev–Trinajstić information content (AvgIpc) is 1.54. The molecule has 0 fully saturated rings. The Bertz CT molecular complexity index is 9530. The van der Waals surface area contributed by atoms with Crippen LogP contribution in [0.15, 0.2) is 261 Å². The van der Waals surface area contributed by atoms with Crippen LogP contribution in [0.1, 0.15) is 112 Å². The second-order valence-corrected chi connectivity index (χ2v) is 55.2. The molecule has 52 heteroatoms. The van der Waals surface area contributed by atoms with Crippen molar-refractivity contribution in [2.24, 2.45) is 54.9 Å². The van der Waals surface area contributed by atoms with Crippen molar-refractivity contribution in [1.29, 1.82) is 0 Å². The van der Waals surface area contributed by atoms with Crippen molar-refractivity contribution in [3.8, 4) is 11.5 Å². The summed E-state index contributed by atoms with van der Waals surface area (Å²) in [5.41, 5.74) is 7.66. The maximum atomic E-state index is 14.4. The standard InChI is InChI=1S/C92H60N16O2.4CH4O3S.2In.6Na.2H2O4S/c1-5-7-33-109-75-57-31-19-17-29-55(57)45(3)71-73(75)91-105-83-65-41-53-27-15-11-23-49(53)37-61(65)79(95-83)99-87-69-44-70-68(43-67(69)85(101-87)97-77-59-35-47-21-9-13-25-51(47)39-63(59)81(93-77)103-89(71)107-91)86-98-78-60-36-48-22-10-14-26-52(48)40-64(60)82(94-78)104-90-72-46(4)56-30-18-20-32-58(56)76(110-34-8-6-2)74(72)92(108-90)106-84-66-42-54-28-16-12-24-50(54)38-62(66)80(96-84)100-88(70)102-86;4*1-5(2,3)4;;;;;;;;;2*1-5(2,3)4/h9-32,35-44,83H,5-8,33-34H2,1-4H3,(H-3,94,95,96,97,98,99,100,101,102,103,104,105,106,107,108);4*1H3,(H,2,3,4);;;;;;;;;2*(H2,1,2,3,4)/q-4;;;;;2*+3;6*+1;;/p-8. The van der Waals surface area contributed by atoms with Crippen LogP contribution in [-0.2, 0) is 65.9 Å². The van der Waals surface area contributed by atoms with Gasteiger partial charge in [0.05, 0.1) is 40.5 Å². The Morgan fingerprint density at radius 3 is 1.01 bits per heavy atom. The molecule has 716 valence electrons. The Balaban J connectivity index is 0.000000580. The molecule has 38 nitrogen and oxygen atoms in total. The molecule has 0 spiro atoms. The van der Waals surface area contributed by atoms with Gasteiger partial charge in [0.2, 0.25) is 0 Å². The summed E-state index contributed by atoms with van der Waals surface area (Å²) in [6, 6.07) is 67.4. The molecule has 9 aliphatic rings. The molecule has 1 atom stereocenters. The minimum atomic E-state index is -5.66. The van der Waals surface area contributed by atoms with E-state index in [0.29, 0.717) is 149 Å². The number of hydrogen-bond acceptors (Lipinski definition) is 35. The first kappa shape index (κ1) is 115. The van der Waals surface area contributed by atoms with Gasteiger partial charge in [-0.25, -0.2) is 33.7 Å². The number of ether oxygens (including phenoxy) is 2. The Morgan fingerprint density at radius 2 is 0.615 bits per heavy atom. The number of aromatic nitrogens is 3. The summed E-state index contributed by atoms with van der Waals surface area (Å²) in [5, 5.41) is 17.1. The van der Waals surface area contributed by atoms with E-state index in [9.17, 15) is 25.9 Å². The molecular weight excluding hydrogens is 2290 g/mol. The summed E-state index contributed by atoms with van der Waals surface area (Å²) < 4.78 is 229. The summed E-state index contributed by atoms with van der Waals surface area (Å²) >= 11 is -11.2. The van der Waals surface area contributed by atoms with E-state index in [1.165, 1.54) is 0 Å². The van der Waals surface area contributed by atoms with E-state index in [1.807, 2.05) is 211 Å². The minimum Gasteiger partial charge on any atom is -0.748 e. The molecule has 13 aromatic carbocycles. The summed E-state index contributed by atoms with van der Waals surface area (Å²) in [6.07, 6.45) is 4.58. The minimum absolute atomic E-state index is 0.